The van der Waals surface area contributed by atoms with E-state index in [2.05, 4.69) is 16.8 Å². The van der Waals surface area contributed by atoms with Crippen LogP contribution in [0.4, 0.5) is 0 Å². The summed E-state index contributed by atoms with van der Waals surface area (Å²) >= 11 is 0. The highest BCUT2D eigenvalue weighted by Gasteiger charge is 2.20. The van der Waals surface area contributed by atoms with Crippen molar-refractivity contribution in [3.8, 4) is 0 Å². The average molecular weight is 196 g/mol. The summed E-state index contributed by atoms with van der Waals surface area (Å²) in [5, 5.41) is 3.24. The lowest BCUT2D eigenvalue weighted by atomic mass is 9.99. The van der Waals surface area contributed by atoms with Gasteiger partial charge in [-0.15, -0.1) is 6.58 Å². The maximum atomic E-state index is 3.79. The summed E-state index contributed by atoms with van der Waals surface area (Å²) in [6.45, 7) is 7.44. The van der Waals surface area contributed by atoms with Crippen molar-refractivity contribution in [1.82, 2.24) is 10.2 Å². The Labute approximate surface area is 88.4 Å². The lowest BCUT2D eigenvalue weighted by Gasteiger charge is -2.35. The fraction of sp³-hybridized carbons (Fsp3) is 0.833. The van der Waals surface area contributed by atoms with Gasteiger partial charge in [0.05, 0.1) is 0 Å². The SMILES string of the molecule is C=CCCN1CCCCC1CCNC. The summed E-state index contributed by atoms with van der Waals surface area (Å²) in [6.07, 6.45) is 8.65. The Kier molecular flexibility index (Phi) is 5.88. The van der Waals surface area contributed by atoms with Crippen molar-refractivity contribution in [3.63, 3.8) is 0 Å². The van der Waals surface area contributed by atoms with Gasteiger partial charge in [0.1, 0.15) is 0 Å². The first-order valence-corrected chi connectivity index (χ1v) is 5.88. The van der Waals surface area contributed by atoms with E-state index in [4.69, 9.17) is 0 Å². The summed E-state index contributed by atoms with van der Waals surface area (Å²) in [4.78, 5) is 2.64. The minimum absolute atomic E-state index is 0.816. The van der Waals surface area contributed by atoms with Gasteiger partial charge in [-0.25, -0.2) is 0 Å². The molecule has 1 rings (SSSR count). The number of nitrogens with one attached hydrogen (secondary N) is 1. The van der Waals surface area contributed by atoms with Crippen LogP contribution in [-0.2, 0) is 0 Å². The number of likely N-dealkylation sites (tertiary alicyclic amines) is 1. The molecule has 1 fully saturated rings. The fourth-order valence-electron chi connectivity index (χ4n) is 2.25. The Bertz CT molecular complexity index is 156. The first kappa shape index (κ1) is 11.7. The van der Waals surface area contributed by atoms with Crippen LogP contribution in [0.15, 0.2) is 12.7 Å². The zero-order valence-corrected chi connectivity index (χ0v) is 9.47. The minimum Gasteiger partial charge on any atom is -0.320 e. The standard InChI is InChI=1S/C12H24N2/c1-3-4-10-14-11-6-5-7-12(14)8-9-13-2/h3,12-13H,1,4-11H2,2H3. The largest absolute Gasteiger partial charge is 0.320 e. The molecular formula is C12H24N2. The first-order chi connectivity index (χ1) is 6.88. The van der Waals surface area contributed by atoms with Crippen LogP contribution in [0, 0.1) is 0 Å². The van der Waals surface area contributed by atoms with Crippen molar-refractivity contribution in [3.05, 3.63) is 12.7 Å². The maximum absolute atomic E-state index is 3.79. The molecule has 0 amide bonds. The molecule has 0 radical (unpaired) electrons. The van der Waals surface area contributed by atoms with Crippen molar-refractivity contribution < 1.29 is 0 Å². The third-order valence-electron chi connectivity index (χ3n) is 3.10. The summed E-state index contributed by atoms with van der Waals surface area (Å²) in [5.41, 5.74) is 0. The molecule has 1 saturated heterocycles. The molecule has 0 aromatic carbocycles. The van der Waals surface area contributed by atoms with Crippen LogP contribution in [0.1, 0.15) is 32.1 Å². The molecule has 1 N–H and O–H groups in total. The molecule has 14 heavy (non-hydrogen) atoms. The Morgan fingerprint density at radius 2 is 2.36 bits per heavy atom. The van der Waals surface area contributed by atoms with E-state index in [0.717, 1.165) is 19.0 Å². The molecule has 0 aromatic heterocycles. The molecule has 82 valence electrons. The smallest absolute Gasteiger partial charge is 0.0107 e. The topological polar surface area (TPSA) is 15.3 Å². The van der Waals surface area contributed by atoms with Gasteiger partial charge in [0.2, 0.25) is 0 Å². The molecule has 1 aliphatic heterocycles. The van der Waals surface area contributed by atoms with E-state index in [1.807, 2.05) is 13.1 Å². The van der Waals surface area contributed by atoms with Crippen LogP contribution in [0.25, 0.3) is 0 Å². The number of nitrogens with zero attached hydrogens (tertiary/aromatic N) is 1. The number of piperidine rings is 1. The Hall–Kier alpha value is -0.340. The number of hydrogen-bond donors (Lipinski definition) is 1. The molecule has 0 bridgehead atoms. The Morgan fingerprint density at radius 3 is 3.07 bits per heavy atom. The van der Waals surface area contributed by atoms with E-state index in [1.54, 1.807) is 0 Å². The molecular weight excluding hydrogens is 172 g/mol. The van der Waals surface area contributed by atoms with Crippen molar-refractivity contribution >= 4 is 0 Å². The second-order valence-electron chi connectivity index (χ2n) is 4.16. The van der Waals surface area contributed by atoms with Crippen molar-refractivity contribution in [1.29, 1.82) is 0 Å². The zero-order chi connectivity index (χ0) is 10.2. The second kappa shape index (κ2) is 7.02. The summed E-state index contributed by atoms with van der Waals surface area (Å²) < 4.78 is 0. The summed E-state index contributed by atoms with van der Waals surface area (Å²) in [7, 11) is 2.04. The maximum Gasteiger partial charge on any atom is 0.0107 e. The van der Waals surface area contributed by atoms with Crippen LogP contribution < -0.4 is 5.32 Å². The average Bonchev–Trinajstić information content (AvgIpc) is 2.24. The molecule has 0 spiro atoms. The van der Waals surface area contributed by atoms with Crippen LogP contribution in [0.5, 0.6) is 0 Å². The second-order valence-corrected chi connectivity index (χ2v) is 4.16. The molecule has 2 heteroatoms. The van der Waals surface area contributed by atoms with E-state index in [-0.39, 0.29) is 0 Å². The minimum atomic E-state index is 0.816. The van der Waals surface area contributed by atoms with Crippen molar-refractivity contribution in [2.45, 2.75) is 38.1 Å². The Balaban J connectivity index is 2.29. The van der Waals surface area contributed by atoms with Gasteiger partial charge in [0, 0.05) is 12.6 Å². The van der Waals surface area contributed by atoms with Gasteiger partial charge in [0.15, 0.2) is 0 Å². The van der Waals surface area contributed by atoms with E-state index < -0.39 is 0 Å². The monoisotopic (exact) mass is 196 g/mol. The van der Waals surface area contributed by atoms with Gasteiger partial charge < -0.3 is 10.2 Å². The van der Waals surface area contributed by atoms with E-state index in [9.17, 15) is 0 Å². The lowest BCUT2D eigenvalue weighted by molar-refractivity contribution is 0.143. The normalized spacial score (nSPS) is 23.6. The molecule has 0 aromatic rings. The summed E-state index contributed by atoms with van der Waals surface area (Å²) in [6, 6.07) is 0.816. The molecule has 1 atom stereocenters. The van der Waals surface area contributed by atoms with Gasteiger partial charge in [0.25, 0.3) is 0 Å². The predicted octanol–water partition coefficient (Wildman–Crippen LogP) is 2.03. The molecule has 2 nitrogen and oxygen atoms in total. The lowest BCUT2D eigenvalue weighted by Crippen LogP contribution is -2.41. The molecule has 0 saturated carbocycles. The van der Waals surface area contributed by atoms with Crippen molar-refractivity contribution in [2.24, 2.45) is 0 Å². The predicted molar refractivity (Wildman–Crippen MR) is 62.6 cm³/mol. The van der Waals surface area contributed by atoms with Gasteiger partial charge in [-0.1, -0.05) is 12.5 Å². The quantitative estimate of drug-likeness (QED) is 0.654. The molecule has 1 heterocycles. The van der Waals surface area contributed by atoms with Crippen LogP contribution in [-0.4, -0.2) is 37.6 Å². The van der Waals surface area contributed by atoms with Crippen LogP contribution in [0.3, 0.4) is 0 Å². The van der Waals surface area contributed by atoms with Crippen LogP contribution >= 0.6 is 0 Å². The van der Waals surface area contributed by atoms with Gasteiger partial charge in [-0.2, -0.15) is 0 Å². The first-order valence-electron chi connectivity index (χ1n) is 5.88. The van der Waals surface area contributed by atoms with Gasteiger partial charge in [-0.05, 0) is 45.8 Å². The van der Waals surface area contributed by atoms with E-state index in [1.165, 1.54) is 38.8 Å². The zero-order valence-electron chi connectivity index (χ0n) is 9.47. The molecule has 1 unspecified atom stereocenters. The van der Waals surface area contributed by atoms with Gasteiger partial charge >= 0.3 is 0 Å². The van der Waals surface area contributed by atoms with E-state index >= 15 is 0 Å². The number of rotatable bonds is 6. The highest BCUT2D eigenvalue weighted by molar-refractivity contribution is 4.79. The molecule has 1 aliphatic rings. The van der Waals surface area contributed by atoms with Crippen molar-refractivity contribution in [2.75, 3.05) is 26.7 Å². The fourth-order valence-corrected chi connectivity index (χ4v) is 2.25. The third kappa shape index (κ3) is 3.81. The third-order valence-corrected chi connectivity index (χ3v) is 3.10. The van der Waals surface area contributed by atoms with Gasteiger partial charge in [-0.3, -0.25) is 0 Å². The van der Waals surface area contributed by atoms with E-state index in [0.29, 0.717) is 0 Å². The highest BCUT2D eigenvalue weighted by atomic mass is 15.2. The number of hydrogen-bond acceptors (Lipinski definition) is 2. The Morgan fingerprint density at radius 1 is 1.50 bits per heavy atom. The summed E-state index contributed by atoms with van der Waals surface area (Å²) in [5.74, 6) is 0. The van der Waals surface area contributed by atoms with Crippen LogP contribution in [0.2, 0.25) is 0 Å². The molecule has 0 aliphatic carbocycles. The highest BCUT2D eigenvalue weighted by Crippen LogP contribution is 2.19.